The number of benzene rings is 1. The fourth-order valence-corrected chi connectivity index (χ4v) is 1.86. The molecule has 0 radical (unpaired) electrons. The third-order valence-corrected chi connectivity index (χ3v) is 2.72. The summed E-state index contributed by atoms with van der Waals surface area (Å²) in [5.41, 5.74) is 3.84. The normalized spacial score (nSPS) is 10.9. The minimum absolute atomic E-state index is 0.893. The SMILES string of the molecule is CNCN(C)Cc1cc(C)c(OC)cc1C. The third-order valence-electron chi connectivity index (χ3n) is 2.72. The van der Waals surface area contributed by atoms with E-state index in [2.05, 4.69) is 43.2 Å². The number of aryl methyl sites for hydroxylation is 2. The fraction of sp³-hybridized carbons (Fsp3) is 0.538. The zero-order chi connectivity index (χ0) is 12.1. The van der Waals surface area contributed by atoms with Crippen LogP contribution in [0.15, 0.2) is 12.1 Å². The van der Waals surface area contributed by atoms with Gasteiger partial charge in [0.2, 0.25) is 0 Å². The van der Waals surface area contributed by atoms with Crippen molar-refractivity contribution in [3.63, 3.8) is 0 Å². The van der Waals surface area contributed by atoms with E-state index in [0.29, 0.717) is 0 Å². The molecule has 0 heterocycles. The molecule has 0 saturated heterocycles. The summed E-state index contributed by atoms with van der Waals surface area (Å²) in [7, 11) is 5.78. The van der Waals surface area contributed by atoms with Gasteiger partial charge in [0, 0.05) is 13.2 Å². The molecule has 1 aromatic carbocycles. The highest BCUT2D eigenvalue weighted by Crippen LogP contribution is 2.23. The van der Waals surface area contributed by atoms with Gasteiger partial charge in [-0.15, -0.1) is 0 Å². The van der Waals surface area contributed by atoms with Crippen LogP contribution in [-0.4, -0.2) is 32.8 Å². The Kier molecular flexibility index (Phi) is 4.77. The molecule has 0 aliphatic carbocycles. The lowest BCUT2D eigenvalue weighted by atomic mass is 10.0. The quantitative estimate of drug-likeness (QED) is 0.770. The maximum absolute atomic E-state index is 5.31. The minimum atomic E-state index is 0.893. The van der Waals surface area contributed by atoms with Crippen molar-refractivity contribution in [3.8, 4) is 5.75 Å². The molecule has 0 bridgehead atoms. The molecule has 0 fully saturated rings. The van der Waals surface area contributed by atoms with E-state index in [4.69, 9.17) is 4.74 Å². The Morgan fingerprint density at radius 1 is 1.25 bits per heavy atom. The van der Waals surface area contributed by atoms with Gasteiger partial charge in [-0.1, -0.05) is 6.07 Å². The summed E-state index contributed by atoms with van der Waals surface area (Å²) in [4.78, 5) is 2.24. The molecule has 1 aromatic rings. The molecule has 0 saturated carbocycles. The van der Waals surface area contributed by atoms with Crippen molar-refractivity contribution in [3.05, 3.63) is 28.8 Å². The van der Waals surface area contributed by atoms with E-state index < -0.39 is 0 Å². The number of rotatable bonds is 5. The van der Waals surface area contributed by atoms with Gasteiger partial charge >= 0.3 is 0 Å². The maximum atomic E-state index is 5.31. The van der Waals surface area contributed by atoms with E-state index in [-0.39, 0.29) is 0 Å². The topological polar surface area (TPSA) is 24.5 Å². The molecule has 3 nitrogen and oxygen atoms in total. The highest BCUT2D eigenvalue weighted by atomic mass is 16.5. The summed E-state index contributed by atoms with van der Waals surface area (Å²) in [6.07, 6.45) is 0. The van der Waals surface area contributed by atoms with Crippen molar-refractivity contribution in [1.82, 2.24) is 10.2 Å². The predicted molar refractivity (Wildman–Crippen MR) is 67.9 cm³/mol. The van der Waals surface area contributed by atoms with Crippen LogP contribution >= 0.6 is 0 Å². The lowest BCUT2D eigenvalue weighted by molar-refractivity contribution is 0.309. The molecular weight excluding hydrogens is 200 g/mol. The number of ether oxygens (including phenoxy) is 1. The van der Waals surface area contributed by atoms with Gasteiger partial charge < -0.3 is 10.1 Å². The van der Waals surface area contributed by atoms with E-state index >= 15 is 0 Å². The van der Waals surface area contributed by atoms with Crippen molar-refractivity contribution < 1.29 is 4.74 Å². The molecule has 0 aliphatic rings. The van der Waals surface area contributed by atoms with Crippen LogP contribution in [0.3, 0.4) is 0 Å². The molecule has 16 heavy (non-hydrogen) atoms. The summed E-state index contributed by atoms with van der Waals surface area (Å²) in [6, 6.07) is 4.32. The van der Waals surface area contributed by atoms with Crippen LogP contribution in [0.25, 0.3) is 0 Å². The third kappa shape index (κ3) is 3.22. The first kappa shape index (κ1) is 13.0. The Morgan fingerprint density at radius 2 is 1.94 bits per heavy atom. The largest absolute Gasteiger partial charge is 0.496 e. The van der Waals surface area contributed by atoms with Crippen molar-refractivity contribution in [2.75, 3.05) is 27.9 Å². The van der Waals surface area contributed by atoms with Crippen LogP contribution in [0.2, 0.25) is 0 Å². The van der Waals surface area contributed by atoms with Crippen molar-refractivity contribution in [2.45, 2.75) is 20.4 Å². The van der Waals surface area contributed by atoms with Gasteiger partial charge in [0.05, 0.1) is 7.11 Å². The van der Waals surface area contributed by atoms with Crippen LogP contribution in [0.5, 0.6) is 5.75 Å². The Labute approximate surface area is 98.4 Å². The average Bonchev–Trinajstić information content (AvgIpc) is 2.23. The standard InChI is InChI=1S/C13H22N2O/c1-10-7-13(16-5)11(2)6-12(10)8-15(4)9-14-3/h6-7,14H,8-9H2,1-5H3. The van der Waals surface area contributed by atoms with Gasteiger partial charge in [0.15, 0.2) is 0 Å². The van der Waals surface area contributed by atoms with Crippen LogP contribution < -0.4 is 10.1 Å². The number of methoxy groups -OCH3 is 1. The van der Waals surface area contributed by atoms with E-state index in [1.165, 1.54) is 16.7 Å². The highest BCUT2D eigenvalue weighted by Gasteiger charge is 2.06. The summed E-state index contributed by atoms with van der Waals surface area (Å²) in [5.74, 6) is 0.970. The van der Waals surface area contributed by atoms with Gasteiger partial charge in [-0.3, -0.25) is 4.90 Å². The smallest absolute Gasteiger partial charge is 0.122 e. The first-order chi connectivity index (χ1) is 7.58. The van der Waals surface area contributed by atoms with Crippen LogP contribution in [0.4, 0.5) is 0 Å². The first-order valence-electron chi connectivity index (χ1n) is 5.55. The van der Waals surface area contributed by atoms with Crippen molar-refractivity contribution in [1.29, 1.82) is 0 Å². The summed E-state index contributed by atoms with van der Waals surface area (Å²) in [6.45, 7) is 6.06. The Hall–Kier alpha value is -1.06. The van der Waals surface area contributed by atoms with Gasteiger partial charge in [-0.05, 0) is 50.7 Å². The Morgan fingerprint density at radius 3 is 2.50 bits per heavy atom. The molecule has 1 rings (SSSR count). The van der Waals surface area contributed by atoms with E-state index in [9.17, 15) is 0 Å². The van der Waals surface area contributed by atoms with Gasteiger partial charge in [0.1, 0.15) is 5.75 Å². The van der Waals surface area contributed by atoms with Crippen molar-refractivity contribution in [2.24, 2.45) is 0 Å². The second-order valence-electron chi connectivity index (χ2n) is 4.27. The van der Waals surface area contributed by atoms with E-state index in [1.807, 2.05) is 7.05 Å². The number of hydrogen-bond donors (Lipinski definition) is 1. The van der Waals surface area contributed by atoms with E-state index in [1.54, 1.807) is 7.11 Å². The summed E-state index contributed by atoms with van der Waals surface area (Å²) in [5, 5.41) is 3.15. The van der Waals surface area contributed by atoms with Gasteiger partial charge in [0.25, 0.3) is 0 Å². The lowest BCUT2D eigenvalue weighted by Crippen LogP contribution is -2.28. The zero-order valence-corrected chi connectivity index (χ0v) is 10.9. The van der Waals surface area contributed by atoms with Crippen LogP contribution in [-0.2, 0) is 6.54 Å². The molecule has 0 aromatic heterocycles. The molecule has 90 valence electrons. The number of nitrogens with zero attached hydrogens (tertiary/aromatic N) is 1. The van der Waals surface area contributed by atoms with Gasteiger partial charge in [-0.2, -0.15) is 0 Å². The first-order valence-corrected chi connectivity index (χ1v) is 5.55. The molecule has 0 spiro atoms. The molecule has 3 heteroatoms. The number of nitrogens with one attached hydrogen (secondary N) is 1. The molecule has 1 N–H and O–H groups in total. The summed E-state index contributed by atoms with van der Waals surface area (Å²) >= 11 is 0. The average molecular weight is 222 g/mol. The predicted octanol–water partition coefficient (Wildman–Crippen LogP) is 1.92. The van der Waals surface area contributed by atoms with E-state index in [0.717, 1.165) is 19.0 Å². The molecule has 0 unspecified atom stereocenters. The lowest BCUT2D eigenvalue weighted by Gasteiger charge is -2.18. The van der Waals surface area contributed by atoms with Crippen LogP contribution in [0.1, 0.15) is 16.7 Å². The number of hydrogen-bond acceptors (Lipinski definition) is 3. The highest BCUT2D eigenvalue weighted by molar-refractivity contribution is 5.41. The van der Waals surface area contributed by atoms with Crippen molar-refractivity contribution >= 4 is 0 Å². The fourth-order valence-electron chi connectivity index (χ4n) is 1.86. The molecule has 0 aliphatic heterocycles. The summed E-state index contributed by atoms with van der Waals surface area (Å²) < 4.78 is 5.31. The Bertz CT molecular complexity index is 350. The van der Waals surface area contributed by atoms with Gasteiger partial charge in [-0.25, -0.2) is 0 Å². The molecular formula is C13H22N2O. The minimum Gasteiger partial charge on any atom is -0.496 e. The zero-order valence-electron chi connectivity index (χ0n) is 10.9. The van der Waals surface area contributed by atoms with Crippen LogP contribution in [0, 0.1) is 13.8 Å². The second kappa shape index (κ2) is 5.87. The second-order valence-corrected chi connectivity index (χ2v) is 4.27. The molecule has 0 atom stereocenters. The molecule has 0 amide bonds. The Balaban J connectivity index is 2.85. The monoisotopic (exact) mass is 222 g/mol. The maximum Gasteiger partial charge on any atom is 0.122 e.